The van der Waals surface area contributed by atoms with Gasteiger partial charge in [-0.1, -0.05) is 36.4 Å². The number of benzene rings is 2. The van der Waals surface area contributed by atoms with E-state index in [1.165, 1.54) is 0 Å². The fourth-order valence-electron chi connectivity index (χ4n) is 3.28. The van der Waals surface area contributed by atoms with E-state index in [4.69, 9.17) is 0 Å². The number of piperidine rings is 1. The Hall–Kier alpha value is -2.70. The molecule has 1 fully saturated rings. The first kappa shape index (κ1) is 20.0. The monoisotopic (exact) mass is 381 g/mol. The largest absolute Gasteiger partial charge is 0.393 e. The Morgan fingerprint density at radius 1 is 0.929 bits per heavy atom. The first-order chi connectivity index (χ1) is 13.6. The number of aliphatic hydroxyl groups is 1. The fourth-order valence-corrected chi connectivity index (χ4v) is 3.28. The minimum absolute atomic E-state index is 0.0563. The van der Waals surface area contributed by atoms with Gasteiger partial charge in [-0.25, -0.2) is 0 Å². The number of amides is 2. The maximum Gasteiger partial charge on any atom is 0.238 e. The summed E-state index contributed by atoms with van der Waals surface area (Å²) >= 11 is 0. The third-order valence-corrected chi connectivity index (χ3v) is 4.84. The summed E-state index contributed by atoms with van der Waals surface area (Å²) < 4.78 is 0. The van der Waals surface area contributed by atoms with E-state index in [0.717, 1.165) is 18.7 Å². The molecule has 1 aliphatic rings. The van der Waals surface area contributed by atoms with Gasteiger partial charge in [-0.3, -0.25) is 14.5 Å². The third-order valence-electron chi connectivity index (χ3n) is 4.84. The fraction of sp³-hybridized carbons (Fsp3) is 0.364. The van der Waals surface area contributed by atoms with Crippen LogP contribution in [-0.4, -0.2) is 47.6 Å². The van der Waals surface area contributed by atoms with Gasteiger partial charge in [0, 0.05) is 30.9 Å². The molecule has 0 spiro atoms. The molecule has 0 unspecified atom stereocenters. The van der Waals surface area contributed by atoms with Gasteiger partial charge in [0.2, 0.25) is 11.8 Å². The summed E-state index contributed by atoms with van der Waals surface area (Å²) in [5, 5.41) is 15.3. The number of likely N-dealkylation sites (tertiary alicyclic amines) is 1. The van der Waals surface area contributed by atoms with Gasteiger partial charge in [-0.05, 0) is 43.0 Å². The van der Waals surface area contributed by atoms with Crippen molar-refractivity contribution in [3.8, 4) is 0 Å². The quantitative estimate of drug-likeness (QED) is 0.689. The van der Waals surface area contributed by atoms with Crippen LogP contribution in [0.15, 0.2) is 54.6 Å². The van der Waals surface area contributed by atoms with Crippen LogP contribution in [0.4, 0.5) is 11.4 Å². The van der Waals surface area contributed by atoms with Crippen LogP contribution in [0.1, 0.15) is 24.8 Å². The van der Waals surface area contributed by atoms with Crippen LogP contribution < -0.4 is 10.6 Å². The standard InChI is InChI=1S/C22H27N3O3/c26-20-11-13-25(14-12-20)16-22(28)24-19-8-4-7-18(15-19)23-21(27)10-9-17-5-2-1-3-6-17/h1-8,15,20,26H,9-14,16H2,(H,23,27)(H,24,28). The summed E-state index contributed by atoms with van der Waals surface area (Å²) in [5.74, 6) is -0.150. The van der Waals surface area contributed by atoms with E-state index in [1.807, 2.05) is 41.3 Å². The summed E-state index contributed by atoms with van der Waals surface area (Å²) in [6, 6.07) is 17.1. The zero-order chi connectivity index (χ0) is 19.8. The molecule has 2 aromatic rings. The van der Waals surface area contributed by atoms with Gasteiger partial charge in [-0.2, -0.15) is 0 Å². The van der Waals surface area contributed by atoms with Crippen LogP contribution in [0, 0.1) is 0 Å². The summed E-state index contributed by atoms with van der Waals surface area (Å²) in [5.41, 5.74) is 2.45. The highest BCUT2D eigenvalue weighted by atomic mass is 16.3. The molecule has 148 valence electrons. The average Bonchev–Trinajstić information content (AvgIpc) is 2.69. The number of anilines is 2. The van der Waals surface area contributed by atoms with Gasteiger partial charge in [0.05, 0.1) is 12.6 Å². The lowest BCUT2D eigenvalue weighted by molar-refractivity contribution is -0.118. The Balaban J connectivity index is 1.46. The van der Waals surface area contributed by atoms with E-state index in [0.29, 0.717) is 43.6 Å². The van der Waals surface area contributed by atoms with E-state index in [9.17, 15) is 14.7 Å². The number of rotatable bonds is 7. The predicted molar refractivity (Wildman–Crippen MR) is 110 cm³/mol. The van der Waals surface area contributed by atoms with Crippen LogP contribution >= 0.6 is 0 Å². The maximum absolute atomic E-state index is 12.3. The van der Waals surface area contributed by atoms with Crippen molar-refractivity contribution < 1.29 is 14.7 Å². The Morgan fingerprint density at radius 3 is 2.25 bits per heavy atom. The molecule has 1 heterocycles. The van der Waals surface area contributed by atoms with E-state index in [2.05, 4.69) is 10.6 Å². The summed E-state index contributed by atoms with van der Waals surface area (Å²) in [4.78, 5) is 26.5. The lowest BCUT2D eigenvalue weighted by Crippen LogP contribution is -2.40. The summed E-state index contributed by atoms with van der Waals surface area (Å²) in [7, 11) is 0. The molecule has 6 heteroatoms. The highest BCUT2D eigenvalue weighted by Crippen LogP contribution is 2.16. The van der Waals surface area contributed by atoms with Crippen LogP contribution in [0.25, 0.3) is 0 Å². The Morgan fingerprint density at radius 2 is 1.57 bits per heavy atom. The molecule has 1 aliphatic heterocycles. The topological polar surface area (TPSA) is 81.7 Å². The van der Waals surface area contributed by atoms with Gasteiger partial charge in [0.15, 0.2) is 0 Å². The van der Waals surface area contributed by atoms with E-state index in [-0.39, 0.29) is 17.9 Å². The third kappa shape index (κ3) is 6.48. The number of aryl methyl sites for hydroxylation is 1. The van der Waals surface area contributed by atoms with Crippen molar-refractivity contribution in [2.75, 3.05) is 30.3 Å². The molecule has 0 atom stereocenters. The number of nitrogens with one attached hydrogen (secondary N) is 2. The van der Waals surface area contributed by atoms with Crippen LogP contribution in [0.2, 0.25) is 0 Å². The SMILES string of the molecule is O=C(CCc1ccccc1)Nc1cccc(NC(=O)CN2CCC(O)CC2)c1. The number of aliphatic hydroxyl groups excluding tert-OH is 1. The van der Waals surface area contributed by atoms with Crippen LogP contribution in [-0.2, 0) is 16.0 Å². The molecule has 2 amide bonds. The predicted octanol–water partition coefficient (Wildman–Crippen LogP) is 2.65. The summed E-state index contributed by atoms with van der Waals surface area (Å²) in [6.07, 6.45) is 2.26. The van der Waals surface area contributed by atoms with Crippen molar-refractivity contribution in [2.24, 2.45) is 0 Å². The Labute approximate surface area is 165 Å². The number of nitrogens with zero attached hydrogens (tertiary/aromatic N) is 1. The van der Waals surface area contributed by atoms with E-state index >= 15 is 0 Å². The molecule has 0 bridgehead atoms. The van der Waals surface area contributed by atoms with Gasteiger partial charge < -0.3 is 15.7 Å². The molecular weight excluding hydrogens is 354 g/mol. The first-order valence-electron chi connectivity index (χ1n) is 9.72. The van der Waals surface area contributed by atoms with Gasteiger partial charge in [0.1, 0.15) is 0 Å². The highest BCUT2D eigenvalue weighted by molar-refractivity contribution is 5.94. The van der Waals surface area contributed by atoms with Crippen molar-refractivity contribution in [3.63, 3.8) is 0 Å². The molecule has 0 aliphatic carbocycles. The van der Waals surface area contributed by atoms with Crippen molar-refractivity contribution in [1.29, 1.82) is 0 Å². The number of carbonyl (C=O) groups is 2. The molecule has 0 radical (unpaired) electrons. The number of hydrogen-bond donors (Lipinski definition) is 3. The van der Waals surface area contributed by atoms with E-state index in [1.54, 1.807) is 18.2 Å². The van der Waals surface area contributed by atoms with Crippen molar-refractivity contribution in [1.82, 2.24) is 4.90 Å². The van der Waals surface area contributed by atoms with E-state index < -0.39 is 0 Å². The second kappa shape index (κ2) is 10.0. The number of hydrogen-bond acceptors (Lipinski definition) is 4. The zero-order valence-corrected chi connectivity index (χ0v) is 15.9. The smallest absolute Gasteiger partial charge is 0.238 e. The molecular formula is C22H27N3O3. The van der Waals surface area contributed by atoms with Crippen LogP contribution in [0.3, 0.4) is 0 Å². The minimum Gasteiger partial charge on any atom is -0.393 e. The normalized spacial score (nSPS) is 15.2. The lowest BCUT2D eigenvalue weighted by atomic mass is 10.1. The molecule has 1 saturated heterocycles. The van der Waals surface area contributed by atoms with Crippen molar-refractivity contribution >= 4 is 23.2 Å². The van der Waals surface area contributed by atoms with Crippen LogP contribution in [0.5, 0.6) is 0 Å². The molecule has 0 saturated carbocycles. The Bertz CT molecular complexity index is 787. The van der Waals surface area contributed by atoms with Gasteiger partial charge in [-0.15, -0.1) is 0 Å². The molecule has 3 N–H and O–H groups in total. The molecule has 2 aromatic carbocycles. The second-order valence-electron chi connectivity index (χ2n) is 7.17. The molecule has 6 nitrogen and oxygen atoms in total. The van der Waals surface area contributed by atoms with Crippen molar-refractivity contribution in [2.45, 2.75) is 31.8 Å². The number of carbonyl (C=O) groups excluding carboxylic acids is 2. The Kier molecular flexibility index (Phi) is 7.17. The molecule has 3 rings (SSSR count). The van der Waals surface area contributed by atoms with Gasteiger partial charge in [0.25, 0.3) is 0 Å². The first-order valence-corrected chi connectivity index (χ1v) is 9.72. The maximum atomic E-state index is 12.3. The molecule has 0 aromatic heterocycles. The minimum atomic E-state index is -0.249. The molecule has 28 heavy (non-hydrogen) atoms. The lowest BCUT2D eigenvalue weighted by Gasteiger charge is -2.28. The average molecular weight is 381 g/mol. The van der Waals surface area contributed by atoms with Crippen molar-refractivity contribution in [3.05, 3.63) is 60.2 Å². The highest BCUT2D eigenvalue weighted by Gasteiger charge is 2.19. The van der Waals surface area contributed by atoms with Gasteiger partial charge >= 0.3 is 0 Å². The zero-order valence-electron chi connectivity index (χ0n) is 15.9. The summed E-state index contributed by atoms with van der Waals surface area (Å²) in [6.45, 7) is 1.76. The second-order valence-corrected chi connectivity index (χ2v) is 7.17.